The van der Waals surface area contributed by atoms with Crippen LogP contribution in [0.3, 0.4) is 0 Å². The molecule has 1 aliphatic carbocycles. The van der Waals surface area contributed by atoms with Crippen molar-refractivity contribution in [1.82, 2.24) is 19.9 Å². The van der Waals surface area contributed by atoms with Gasteiger partial charge < -0.3 is 31.7 Å². The number of nitrogen functional groups attached to an aromatic ring is 1. The number of carbonyl (C=O) groups excluding carboxylic acids is 1. The summed E-state index contributed by atoms with van der Waals surface area (Å²) >= 11 is 0. The maximum absolute atomic E-state index is 12.3. The van der Waals surface area contributed by atoms with Gasteiger partial charge in [-0.1, -0.05) is 0 Å². The number of pyridine rings is 1. The van der Waals surface area contributed by atoms with Gasteiger partial charge in [0, 0.05) is 6.20 Å². The summed E-state index contributed by atoms with van der Waals surface area (Å²) in [5.74, 6) is -0.167. The summed E-state index contributed by atoms with van der Waals surface area (Å²) in [7, 11) is 0. The van der Waals surface area contributed by atoms with E-state index in [1.165, 1.54) is 12.5 Å². The van der Waals surface area contributed by atoms with Crippen LogP contribution in [0.2, 0.25) is 0 Å². The molecule has 10 nitrogen and oxygen atoms in total. The van der Waals surface area contributed by atoms with E-state index in [1.54, 1.807) is 10.6 Å². The van der Waals surface area contributed by atoms with Crippen LogP contribution >= 0.6 is 0 Å². The minimum absolute atomic E-state index is 0.183. The molecule has 0 radical (unpaired) electrons. The van der Waals surface area contributed by atoms with Crippen molar-refractivity contribution in [2.75, 3.05) is 12.3 Å². The fraction of sp³-hybridized carbons (Fsp3) is 0.562. The summed E-state index contributed by atoms with van der Waals surface area (Å²) < 4.78 is 7.32. The van der Waals surface area contributed by atoms with Gasteiger partial charge in [0.15, 0.2) is 11.9 Å². The van der Waals surface area contributed by atoms with Gasteiger partial charge in [-0.25, -0.2) is 9.97 Å². The number of hydrogen-bond acceptors (Lipinski definition) is 8. The lowest BCUT2D eigenvalue weighted by molar-refractivity contribution is -0.124. The van der Waals surface area contributed by atoms with E-state index in [4.69, 9.17) is 16.2 Å². The predicted molar refractivity (Wildman–Crippen MR) is 91.6 cm³/mol. The lowest BCUT2D eigenvalue weighted by atomic mass is 10.1. The number of nitrogens with zero attached hydrogens (tertiary/aromatic N) is 3. The normalized spacial score (nSPS) is 29.8. The molecule has 10 heteroatoms. The smallest absolute Gasteiger partial charge is 0.237 e. The summed E-state index contributed by atoms with van der Waals surface area (Å²) in [6.45, 7) is -0.362. The Morgan fingerprint density at radius 1 is 1.46 bits per heavy atom. The lowest BCUT2D eigenvalue weighted by Crippen LogP contribution is -2.53. The summed E-state index contributed by atoms with van der Waals surface area (Å²) in [4.78, 5) is 20.8. The molecule has 1 saturated heterocycles. The number of fused-ring (bicyclic) bond motifs is 1. The van der Waals surface area contributed by atoms with Crippen molar-refractivity contribution < 1.29 is 19.7 Å². The second-order valence-electron chi connectivity index (χ2n) is 6.86. The molecule has 2 aromatic heterocycles. The van der Waals surface area contributed by atoms with Crippen molar-refractivity contribution in [3.05, 3.63) is 18.6 Å². The molecule has 1 saturated carbocycles. The minimum Gasteiger partial charge on any atom is -0.397 e. The molecule has 0 spiro atoms. The van der Waals surface area contributed by atoms with Gasteiger partial charge >= 0.3 is 0 Å². The van der Waals surface area contributed by atoms with Gasteiger partial charge in [0.2, 0.25) is 5.91 Å². The summed E-state index contributed by atoms with van der Waals surface area (Å²) in [5, 5.41) is 23.1. The average molecular weight is 362 g/mol. The molecule has 0 aromatic carbocycles. The highest BCUT2D eigenvalue weighted by atomic mass is 16.5. The minimum atomic E-state index is -1.11. The molecule has 2 fully saturated rings. The van der Waals surface area contributed by atoms with Crippen LogP contribution in [0.25, 0.3) is 11.2 Å². The number of nitrogens with one attached hydrogen (secondary N) is 1. The van der Waals surface area contributed by atoms with Crippen molar-refractivity contribution >= 4 is 22.8 Å². The Balaban J connectivity index is 1.58. The van der Waals surface area contributed by atoms with E-state index in [-0.39, 0.29) is 18.4 Å². The number of hydrogen-bond donors (Lipinski definition) is 5. The van der Waals surface area contributed by atoms with E-state index in [1.807, 2.05) is 0 Å². The van der Waals surface area contributed by atoms with E-state index in [0.717, 1.165) is 12.8 Å². The van der Waals surface area contributed by atoms with E-state index >= 15 is 0 Å². The fourth-order valence-electron chi connectivity index (χ4n) is 3.38. The maximum atomic E-state index is 12.3. The number of aliphatic hydroxyl groups is 2. The molecule has 2 aliphatic rings. The van der Waals surface area contributed by atoms with Gasteiger partial charge in [-0.15, -0.1) is 0 Å². The van der Waals surface area contributed by atoms with Crippen molar-refractivity contribution in [1.29, 1.82) is 0 Å². The quantitative estimate of drug-likeness (QED) is 0.429. The predicted octanol–water partition coefficient (Wildman–Crippen LogP) is -1.51. The second-order valence-corrected chi connectivity index (χ2v) is 6.86. The monoisotopic (exact) mass is 362 g/mol. The third kappa shape index (κ3) is 2.80. The zero-order valence-electron chi connectivity index (χ0n) is 14.0. The fourth-order valence-corrected chi connectivity index (χ4v) is 3.38. The van der Waals surface area contributed by atoms with Gasteiger partial charge in [0.05, 0.1) is 30.7 Å². The molecule has 4 rings (SSSR count). The third-order valence-electron chi connectivity index (χ3n) is 5.06. The molecule has 26 heavy (non-hydrogen) atoms. The first-order valence-electron chi connectivity index (χ1n) is 8.58. The zero-order chi connectivity index (χ0) is 18.4. The number of carbonyl (C=O) groups is 1. The van der Waals surface area contributed by atoms with Crippen LogP contribution in [-0.4, -0.2) is 61.6 Å². The number of ether oxygens (including phenoxy) is 1. The topological polar surface area (TPSA) is 162 Å². The Kier molecular flexibility index (Phi) is 4.27. The Labute approximate surface area is 149 Å². The van der Waals surface area contributed by atoms with Crippen molar-refractivity contribution in [2.24, 2.45) is 11.7 Å². The van der Waals surface area contributed by atoms with Crippen LogP contribution in [0.4, 0.5) is 5.69 Å². The van der Waals surface area contributed by atoms with Gasteiger partial charge in [0.25, 0.3) is 0 Å². The first-order valence-corrected chi connectivity index (χ1v) is 8.58. The highest BCUT2D eigenvalue weighted by Crippen LogP contribution is 2.34. The van der Waals surface area contributed by atoms with E-state index in [2.05, 4.69) is 15.3 Å². The number of rotatable bonds is 5. The number of anilines is 1. The largest absolute Gasteiger partial charge is 0.397 e. The molecule has 7 N–H and O–H groups in total. The first kappa shape index (κ1) is 17.2. The molecular formula is C16H22N6O4. The summed E-state index contributed by atoms with van der Waals surface area (Å²) in [6, 6.07) is 0.224. The highest BCUT2D eigenvalue weighted by Gasteiger charge is 2.46. The standard InChI is InChI=1S/C16H22N6O4/c17-8-3-4-19-14-11(8)20-6-22(14)16-13(24)12(9(5-23)26-16)21-15(25)10(18)7-1-2-7/h3-4,6-7,9-10,12-13,16,23-24H,1-2,5,18H2,(H2,17,19)(H,21,25)/t9-,10?,12?,13+,16-/m1/s1. The Morgan fingerprint density at radius 2 is 2.23 bits per heavy atom. The lowest BCUT2D eigenvalue weighted by Gasteiger charge is -2.22. The highest BCUT2D eigenvalue weighted by molar-refractivity contribution is 5.84. The van der Waals surface area contributed by atoms with E-state index in [9.17, 15) is 15.0 Å². The van der Waals surface area contributed by atoms with Gasteiger partial charge in [-0.2, -0.15) is 0 Å². The zero-order valence-corrected chi connectivity index (χ0v) is 14.0. The van der Waals surface area contributed by atoms with Gasteiger partial charge in [-0.3, -0.25) is 9.36 Å². The Bertz CT molecular complexity index is 822. The van der Waals surface area contributed by atoms with E-state index < -0.39 is 30.5 Å². The number of aliphatic hydroxyl groups excluding tert-OH is 2. The summed E-state index contributed by atoms with van der Waals surface area (Å²) in [6.07, 6.45) is 2.11. The molecular weight excluding hydrogens is 340 g/mol. The van der Waals surface area contributed by atoms with Crippen LogP contribution in [0.15, 0.2) is 18.6 Å². The summed E-state index contributed by atoms with van der Waals surface area (Å²) in [5.41, 5.74) is 13.2. The van der Waals surface area contributed by atoms with Crippen LogP contribution in [-0.2, 0) is 9.53 Å². The molecule has 1 amide bonds. The molecule has 0 bridgehead atoms. The number of nitrogens with two attached hydrogens (primary N) is 2. The van der Waals surface area contributed by atoms with Crippen LogP contribution in [0.5, 0.6) is 0 Å². The molecule has 3 heterocycles. The molecule has 2 aromatic rings. The molecule has 140 valence electrons. The van der Waals surface area contributed by atoms with Crippen molar-refractivity contribution in [2.45, 2.75) is 43.4 Å². The Morgan fingerprint density at radius 3 is 2.92 bits per heavy atom. The van der Waals surface area contributed by atoms with Gasteiger partial charge in [-0.05, 0) is 24.8 Å². The second kappa shape index (κ2) is 6.47. The SMILES string of the molecule is Nc1ccnc2c1ncn2[C@@H]1O[C@H](CO)C(NC(=O)C(N)C2CC2)[C@@H]1O. The molecule has 5 atom stereocenters. The first-order chi connectivity index (χ1) is 12.5. The number of imidazole rings is 1. The number of amides is 1. The molecule has 1 aliphatic heterocycles. The van der Waals surface area contributed by atoms with E-state index in [0.29, 0.717) is 16.9 Å². The third-order valence-corrected chi connectivity index (χ3v) is 5.06. The van der Waals surface area contributed by atoms with Crippen LogP contribution in [0.1, 0.15) is 19.1 Å². The Hall–Kier alpha value is -2.27. The van der Waals surface area contributed by atoms with Crippen LogP contribution in [0, 0.1) is 5.92 Å². The van der Waals surface area contributed by atoms with Crippen LogP contribution < -0.4 is 16.8 Å². The van der Waals surface area contributed by atoms with Crippen molar-refractivity contribution in [3.63, 3.8) is 0 Å². The van der Waals surface area contributed by atoms with Gasteiger partial charge in [0.1, 0.15) is 17.7 Å². The average Bonchev–Trinajstić information content (AvgIpc) is 3.32. The maximum Gasteiger partial charge on any atom is 0.237 e. The number of aromatic nitrogens is 3. The van der Waals surface area contributed by atoms with Crippen molar-refractivity contribution in [3.8, 4) is 0 Å². The molecule has 2 unspecified atom stereocenters.